The van der Waals surface area contributed by atoms with E-state index >= 15 is 0 Å². The maximum atomic E-state index is 11.8. The molecule has 1 heteroatoms. The Hall–Kier alpha value is -0.330. The molecule has 108 valence electrons. The Balaban J connectivity index is 0.000000659. The van der Waals surface area contributed by atoms with Crippen LogP contribution in [-0.2, 0) is 4.79 Å². The Labute approximate surface area is 115 Å². The van der Waals surface area contributed by atoms with E-state index in [1.807, 2.05) is 27.7 Å². The van der Waals surface area contributed by atoms with Crippen LogP contribution in [-0.4, -0.2) is 5.78 Å². The van der Waals surface area contributed by atoms with E-state index in [0.717, 1.165) is 24.7 Å². The maximum Gasteiger partial charge on any atom is 0.135 e. The number of carbonyl (C=O) groups excluding carboxylic acids is 1. The Kier molecular flexibility index (Phi) is 10.4. The highest BCUT2D eigenvalue weighted by Crippen LogP contribution is 2.51. The molecule has 2 aliphatic rings. The Morgan fingerprint density at radius 1 is 0.944 bits per heavy atom. The van der Waals surface area contributed by atoms with Crippen LogP contribution in [0.4, 0.5) is 0 Å². The van der Waals surface area contributed by atoms with E-state index in [0.29, 0.717) is 11.7 Å². The summed E-state index contributed by atoms with van der Waals surface area (Å²) in [6.45, 7) is 10.2. The topological polar surface area (TPSA) is 17.1 Å². The first-order valence-electron chi connectivity index (χ1n) is 8.34. The molecule has 18 heavy (non-hydrogen) atoms. The van der Waals surface area contributed by atoms with E-state index in [9.17, 15) is 4.79 Å². The monoisotopic (exact) mass is 254 g/mol. The van der Waals surface area contributed by atoms with Crippen LogP contribution in [0, 0.1) is 17.8 Å². The van der Waals surface area contributed by atoms with Crippen molar-refractivity contribution in [3.05, 3.63) is 0 Å². The number of hydrogen-bond donors (Lipinski definition) is 0. The number of rotatable bonds is 5. The van der Waals surface area contributed by atoms with Crippen LogP contribution in [0.5, 0.6) is 0 Å². The minimum absolute atomic E-state index is 0.454. The van der Waals surface area contributed by atoms with Gasteiger partial charge in [0.1, 0.15) is 5.78 Å². The van der Waals surface area contributed by atoms with E-state index in [-0.39, 0.29) is 0 Å². The summed E-state index contributed by atoms with van der Waals surface area (Å²) in [4.78, 5) is 11.8. The van der Waals surface area contributed by atoms with Crippen LogP contribution in [0.25, 0.3) is 0 Å². The molecule has 0 amide bonds. The van der Waals surface area contributed by atoms with Crippen LogP contribution in [0.3, 0.4) is 0 Å². The summed E-state index contributed by atoms with van der Waals surface area (Å²) < 4.78 is 0. The van der Waals surface area contributed by atoms with Gasteiger partial charge in [-0.15, -0.1) is 0 Å². The van der Waals surface area contributed by atoms with E-state index in [4.69, 9.17) is 0 Å². The fraction of sp³-hybridized carbons (Fsp3) is 0.941. The van der Waals surface area contributed by atoms with Gasteiger partial charge in [-0.25, -0.2) is 0 Å². The molecular formula is C17H34O. The van der Waals surface area contributed by atoms with Gasteiger partial charge in [0.15, 0.2) is 0 Å². The quantitative estimate of drug-likeness (QED) is 0.581. The standard InChI is InChI=1S/C13H22O.2C2H6/c1-2-3-4-5-13(14)11-7-6-10-8-12(10)9-11;2*1-2/h10-12H,2-9H2,1H3;2*1-2H3. The molecule has 0 aromatic carbocycles. The molecule has 3 unspecified atom stereocenters. The van der Waals surface area contributed by atoms with Gasteiger partial charge in [-0.1, -0.05) is 47.5 Å². The molecule has 3 atom stereocenters. The molecule has 0 bridgehead atoms. The van der Waals surface area contributed by atoms with Gasteiger partial charge in [0.25, 0.3) is 0 Å². The second-order valence-electron chi connectivity index (χ2n) is 5.19. The molecule has 2 saturated carbocycles. The third kappa shape index (κ3) is 6.02. The molecule has 0 aliphatic heterocycles. The third-order valence-electron chi connectivity index (χ3n) is 4.02. The Morgan fingerprint density at radius 2 is 1.61 bits per heavy atom. The predicted molar refractivity (Wildman–Crippen MR) is 80.8 cm³/mol. The summed E-state index contributed by atoms with van der Waals surface area (Å²) in [6, 6.07) is 0. The van der Waals surface area contributed by atoms with Crippen molar-refractivity contribution in [2.24, 2.45) is 17.8 Å². The van der Waals surface area contributed by atoms with E-state index in [1.165, 1.54) is 38.5 Å². The molecule has 0 spiro atoms. The number of hydrogen-bond acceptors (Lipinski definition) is 1. The van der Waals surface area contributed by atoms with Crippen molar-refractivity contribution in [3.63, 3.8) is 0 Å². The van der Waals surface area contributed by atoms with E-state index < -0.39 is 0 Å². The van der Waals surface area contributed by atoms with Crippen molar-refractivity contribution in [3.8, 4) is 0 Å². The number of unbranched alkanes of at least 4 members (excludes halogenated alkanes) is 2. The van der Waals surface area contributed by atoms with E-state index in [1.54, 1.807) is 0 Å². The zero-order valence-corrected chi connectivity index (χ0v) is 13.3. The molecule has 0 heterocycles. The number of ketones is 1. The molecule has 1 nitrogen and oxygen atoms in total. The number of fused-ring (bicyclic) bond motifs is 1. The average Bonchev–Trinajstić information content (AvgIpc) is 3.21. The summed E-state index contributed by atoms with van der Waals surface area (Å²) >= 11 is 0. The lowest BCUT2D eigenvalue weighted by Crippen LogP contribution is -2.18. The summed E-state index contributed by atoms with van der Waals surface area (Å²) in [5.41, 5.74) is 0. The molecule has 0 radical (unpaired) electrons. The zero-order chi connectivity index (χ0) is 14.0. The van der Waals surface area contributed by atoms with Gasteiger partial charge in [0, 0.05) is 12.3 Å². The lowest BCUT2D eigenvalue weighted by Gasteiger charge is -2.19. The van der Waals surface area contributed by atoms with Crippen LogP contribution in [0.2, 0.25) is 0 Å². The van der Waals surface area contributed by atoms with Gasteiger partial charge in [-0.2, -0.15) is 0 Å². The highest BCUT2D eigenvalue weighted by atomic mass is 16.1. The summed E-state index contributed by atoms with van der Waals surface area (Å²) in [7, 11) is 0. The zero-order valence-electron chi connectivity index (χ0n) is 13.3. The van der Waals surface area contributed by atoms with Crippen LogP contribution in [0.15, 0.2) is 0 Å². The van der Waals surface area contributed by atoms with Crippen molar-refractivity contribution in [1.82, 2.24) is 0 Å². The molecule has 2 fully saturated rings. The summed E-state index contributed by atoms with van der Waals surface area (Å²) in [5.74, 6) is 3.00. The molecule has 0 N–H and O–H groups in total. The first kappa shape index (κ1) is 17.7. The molecule has 2 aliphatic carbocycles. The molecular weight excluding hydrogens is 220 g/mol. The van der Waals surface area contributed by atoms with Crippen molar-refractivity contribution in [1.29, 1.82) is 0 Å². The smallest absolute Gasteiger partial charge is 0.135 e. The Morgan fingerprint density at radius 3 is 2.17 bits per heavy atom. The van der Waals surface area contributed by atoms with Gasteiger partial charge >= 0.3 is 0 Å². The fourth-order valence-electron chi connectivity index (χ4n) is 2.90. The molecule has 0 aromatic heterocycles. The molecule has 0 saturated heterocycles. The van der Waals surface area contributed by atoms with Gasteiger partial charge in [-0.3, -0.25) is 4.79 Å². The Bertz CT molecular complexity index is 210. The predicted octanol–water partition coefficient (Wildman–Crippen LogP) is 5.62. The van der Waals surface area contributed by atoms with Crippen LogP contribution < -0.4 is 0 Å². The second kappa shape index (κ2) is 10.6. The first-order chi connectivity index (χ1) is 8.81. The number of Topliss-reactive ketones (excluding diaryl/α,β-unsaturated/α-hetero) is 1. The van der Waals surface area contributed by atoms with Gasteiger partial charge < -0.3 is 0 Å². The van der Waals surface area contributed by atoms with Gasteiger partial charge in [0.2, 0.25) is 0 Å². The summed E-state index contributed by atoms with van der Waals surface area (Å²) in [6.07, 6.45) is 9.64. The first-order valence-corrected chi connectivity index (χ1v) is 8.34. The largest absolute Gasteiger partial charge is 0.299 e. The van der Waals surface area contributed by atoms with Crippen molar-refractivity contribution in [2.75, 3.05) is 0 Å². The molecule has 0 aromatic rings. The van der Waals surface area contributed by atoms with Crippen LogP contribution in [0.1, 0.15) is 86.0 Å². The van der Waals surface area contributed by atoms with E-state index in [2.05, 4.69) is 6.92 Å². The van der Waals surface area contributed by atoms with Crippen molar-refractivity contribution < 1.29 is 4.79 Å². The van der Waals surface area contributed by atoms with Crippen molar-refractivity contribution in [2.45, 2.75) is 86.0 Å². The fourth-order valence-corrected chi connectivity index (χ4v) is 2.90. The highest BCUT2D eigenvalue weighted by molar-refractivity contribution is 5.81. The third-order valence-corrected chi connectivity index (χ3v) is 4.02. The SMILES string of the molecule is CC.CC.CCCCCC(=O)C1CCC2CC2C1. The van der Waals surface area contributed by atoms with Gasteiger partial charge in [0.05, 0.1) is 0 Å². The lowest BCUT2D eigenvalue weighted by molar-refractivity contribution is -0.124. The molecule has 2 rings (SSSR count). The van der Waals surface area contributed by atoms with Crippen LogP contribution >= 0.6 is 0 Å². The second-order valence-corrected chi connectivity index (χ2v) is 5.19. The average molecular weight is 254 g/mol. The highest BCUT2D eigenvalue weighted by Gasteiger charge is 2.43. The summed E-state index contributed by atoms with van der Waals surface area (Å²) in [5, 5.41) is 0. The van der Waals surface area contributed by atoms with Gasteiger partial charge in [-0.05, 0) is 43.9 Å². The minimum Gasteiger partial charge on any atom is -0.299 e. The minimum atomic E-state index is 0.454. The maximum absolute atomic E-state index is 11.8. The number of carbonyl (C=O) groups is 1. The van der Waals surface area contributed by atoms with Crippen molar-refractivity contribution >= 4 is 5.78 Å². The lowest BCUT2D eigenvalue weighted by atomic mass is 9.84. The normalized spacial score (nSPS) is 27.9.